The molecule has 30 heavy (non-hydrogen) atoms. The highest BCUT2D eigenvalue weighted by Gasteiger charge is 2.33. The summed E-state index contributed by atoms with van der Waals surface area (Å²) in [6, 6.07) is 4.41. The van der Waals surface area contributed by atoms with Gasteiger partial charge in [-0.15, -0.1) is 0 Å². The van der Waals surface area contributed by atoms with Crippen molar-refractivity contribution in [2.24, 2.45) is 0 Å². The smallest absolute Gasteiger partial charge is 0.368 e. The highest BCUT2D eigenvalue weighted by molar-refractivity contribution is 5.84. The quantitative estimate of drug-likeness (QED) is 0.791. The minimum Gasteiger partial charge on any atom is -0.368 e. The average molecular weight is 421 g/mol. The number of anilines is 1. The number of carbonyl (C=O) groups is 2. The van der Waals surface area contributed by atoms with Crippen LogP contribution in [0.4, 0.5) is 19.1 Å². The highest BCUT2D eigenvalue weighted by Crippen LogP contribution is 2.38. The zero-order valence-electron chi connectivity index (χ0n) is 16.4. The van der Waals surface area contributed by atoms with E-state index in [2.05, 4.69) is 15.3 Å². The molecule has 10 heteroatoms. The second-order valence-electron chi connectivity index (χ2n) is 7.11. The lowest BCUT2D eigenvalue weighted by molar-refractivity contribution is -0.137. The van der Waals surface area contributed by atoms with Crippen molar-refractivity contribution in [3.8, 4) is 11.1 Å². The van der Waals surface area contributed by atoms with E-state index in [1.807, 2.05) is 0 Å². The van der Waals surface area contributed by atoms with Crippen LogP contribution in [0.5, 0.6) is 0 Å². The predicted octanol–water partition coefficient (Wildman–Crippen LogP) is 2.93. The number of aromatic nitrogens is 2. The van der Waals surface area contributed by atoms with Crippen LogP contribution >= 0.6 is 0 Å². The van der Waals surface area contributed by atoms with Crippen molar-refractivity contribution in [2.45, 2.75) is 38.4 Å². The molecule has 1 aromatic carbocycles. The number of hydrogen-bond acceptors (Lipinski definition) is 5. The third-order valence-electron chi connectivity index (χ3n) is 4.97. The summed E-state index contributed by atoms with van der Waals surface area (Å²) < 4.78 is 39.5. The second kappa shape index (κ2) is 8.68. The van der Waals surface area contributed by atoms with Crippen LogP contribution in [0.1, 0.15) is 43.5 Å². The molecule has 1 saturated heterocycles. The Kier molecular flexibility index (Phi) is 6.23. The van der Waals surface area contributed by atoms with Gasteiger partial charge in [-0.05, 0) is 37.0 Å². The molecule has 0 unspecified atom stereocenters. The van der Waals surface area contributed by atoms with Gasteiger partial charge in [-0.3, -0.25) is 9.59 Å². The molecule has 1 aromatic heterocycles. The summed E-state index contributed by atoms with van der Waals surface area (Å²) in [7, 11) is 0. The Morgan fingerprint density at radius 2 is 2.07 bits per heavy atom. The van der Waals surface area contributed by atoms with Crippen LogP contribution in [0.2, 0.25) is 0 Å². The maximum absolute atomic E-state index is 13.2. The molecular formula is C20H22F3N5O2. The number of carbonyl (C=O) groups excluding carboxylic acids is 2. The molecule has 0 spiro atoms. The molecule has 1 aliphatic rings. The summed E-state index contributed by atoms with van der Waals surface area (Å²) in [6.07, 6.45) is -0.926. The van der Waals surface area contributed by atoms with E-state index in [0.717, 1.165) is 25.0 Å². The summed E-state index contributed by atoms with van der Waals surface area (Å²) in [6.45, 7) is 1.61. The number of alkyl halides is 3. The standard InChI is InChI=1S/C20H22F3N5O2/c1-12(29)25-11-17(30)28-8-3-2-7-16(28)18-15(10-26-19(24)27-18)13-5-4-6-14(9-13)20(21,22)23/h4-6,9-10,16H,2-3,7-8,11H2,1H3,(H,25,29)(H2,24,26,27)/t16-/m0/s1. The summed E-state index contributed by atoms with van der Waals surface area (Å²) in [5, 5.41) is 2.48. The summed E-state index contributed by atoms with van der Waals surface area (Å²) in [4.78, 5) is 33.7. The van der Waals surface area contributed by atoms with Crippen molar-refractivity contribution < 1.29 is 22.8 Å². The number of amides is 2. The van der Waals surface area contributed by atoms with Crippen LogP contribution in [-0.4, -0.2) is 39.8 Å². The van der Waals surface area contributed by atoms with Crippen molar-refractivity contribution in [1.29, 1.82) is 0 Å². The monoisotopic (exact) mass is 421 g/mol. The maximum Gasteiger partial charge on any atom is 0.416 e. The van der Waals surface area contributed by atoms with Crippen molar-refractivity contribution >= 4 is 17.8 Å². The topological polar surface area (TPSA) is 101 Å². The number of nitrogens with zero attached hydrogens (tertiary/aromatic N) is 3. The van der Waals surface area contributed by atoms with Gasteiger partial charge < -0.3 is 16.0 Å². The number of nitrogens with two attached hydrogens (primary N) is 1. The first-order valence-electron chi connectivity index (χ1n) is 9.50. The number of likely N-dealkylation sites (tertiary alicyclic amines) is 1. The van der Waals surface area contributed by atoms with E-state index in [0.29, 0.717) is 29.8 Å². The van der Waals surface area contributed by atoms with Gasteiger partial charge in [-0.2, -0.15) is 13.2 Å². The van der Waals surface area contributed by atoms with Gasteiger partial charge in [0.1, 0.15) is 0 Å². The minimum absolute atomic E-state index is 0.0273. The van der Waals surface area contributed by atoms with E-state index in [1.165, 1.54) is 19.2 Å². The van der Waals surface area contributed by atoms with Crippen LogP contribution in [0, 0.1) is 0 Å². The van der Waals surface area contributed by atoms with Crippen LogP contribution in [0.15, 0.2) is 30.5 Å². The molecule has 3 N–H and O–H groups in total. The molecule has 0 radical (unpaired) electrons. The number of halogens is 3. The molecule has 1 atom stereocenters. The highest BCUT2D eigenvalue weighted by atomic mass is 19.4. The zero-order chi connectivity index (χ0) is 21.9. The predicted molar refractivity (Wildman–Crippen MR) is 104 cm³/mol. The van der Waals surface area contributed by atoms with Gasteiger partial charge in [0.2, 0.25) is 17.8 Å². The number of nitrogens with one attached hydrogen (secondary N) is 1. The number of benzene rings is 1. The van der Waals surface area contributed by atoms with Gasteiger partial charge in [0.05, 0.1) is 23.8 Å². The molecule has 1 fully saturated rings. The lowest BCUT2D eigenvalue weighted by atomic mass is 9.93. The molecule has 2 heterocycles. The lowest BCUT2D eigenvalue weighted by Crippen LogP contribution is -2.44. The lowest BCUT2D eigenvalue weighted by Gasteiger charge is -2.36. The maximum atomic E-state index is 13.2. The van der Waals surface area contributed by atoms with E-state index in [9.17, 15) is 22.8 Å². The van der Waals surface area contributed by atoms with Gasteiger partial charge in [-0.1, -0.05) is 12.1 Å². The summed E-state index contributed by atoms with van der Waals surface area (Å²) in [5.41, 5.74) is 6.06. The number of rotatable bonds is 4. The minimum atomic E-state index is -4.49. The average Bonchev–Trinajstić information content (AvgIpc) is 2.71. The number of hydrogen-bond donors (Lipinski definition) is 2. The Balaban J connectivity index is 2.02. The second-order valence-corrected chi connectivity index (χ2v) is 7.11. The molecule has 0 saturated carbocycles. The van der Waals surface area contributed by atoms with Crippen molar-refractivity contribution in [1.82, 2.24) is 20.2 Å². The van der Waals surface area contributed by atoms with Gasteiger partial charge in [0, 0.05) is 25.2 Å². The van der Waals surface area contributed by atoms with Crippen molar-refractivity contribution in [3.63, 3.8) is 0 Å². The van der Waals surface area contributed by atoms with Crippen LogP contribution < -0.4 is 11.1 Å². The van der Waals surface area contributed by atoms with E-state index >= 15 is 0 Å². The fraction of sp³-hybridized carbons (Fsp3) is 0.400. The Bertz CT molecular complexity index is 948. The van der Waals surface area contributed by atoms with Crippen LogP contribution in [0.3, 0.4) is 0 Å². The molecule has 2 amide bonds. The van der Waals surface area contributed by atoms with Crippen molar-refractivity contribution in [2.75, 3.05) is 18.8 Å². The fourth-order valence-corrected chi connectivity index (χ4v) is 3.56. The van der Waals surface area contributed by atoms with E-state index < -0.39 is 17.8 Å². The first kappa shape index (κ1) is 21.5. The van der Waals surface area contributed by atoms with Gasteiger partial charge >= 0.3 is 6.18 Å². The Hall–Kier alpha value is -3.17. The molecule has 7 nitrogen and oxygen atoms in total. The van der Waals surface area contributed by atoms with Crippen molar-refractivity contribution in [3.05, 3.63) is 41.7 Å². The van der Waals surface area contributed by atoms with E-state index in [-0.39, 0.29) is 24.3 Å². The SMILES string of the molecule is CC(=O)NCC(=O)N1CCCC[C@H]1c1nc(N)ncc1-c1cccc(C(F)(F)F)c1. The first-order valence-corrected chi connectivity index (χ1v) is 9.50. The van der Waals surface area contributed by atoms with Gasteiger partial charge in [0.25, 0.3) is 0 Å². The molecule has 3 rings (SSSR count). The normalized spacial score (nSPS) is 16.9. The molecule has 0 aliphatic carbocycles. The van der Waals surface area contributed by atoms with E-state index in [1.54, 1.807) is 11.0 Å². The number of piperidine rings is 1. The number of nitrogen functional groups attached to an aromatic ring is 1. The summed E-state index contributed by atoms with van der Waals surface area (Å²) >= 11 is 0. The molecule has 1 aliphatic heterocycles. The van der Waals surface area contributed by atoms with Crippen LogP contribution in [0.25, 0.3) is 11.1 Å². The molecule has 160 valence electrons. The zero-order valence-corrected chi connectivity index (χ0v) is 16.4. The fourth-order valence-electron chi connectivity index (χ4n) is 3.56. The van der Waals surface area contributed by atoms with Gasteiger partial charge in [0.15, 0.2) is 0 Å². The third kappa shape index (κ3) is 4.87. The largest absolute Gasteiger partial charge is 0.416 e. The first-order chi connectivity index (χ1) is 14.2. The Labute approximate surface area is 171 Å². The molecule has 0 bridgehead atoms. The van der Waals surface area contributed by atoms with Gasteiger partial charge in [-0.25, -0.2) is 9.97 Å². The Morgan fingerprint density at radius 1 is 1.30 bits per heavy atom. The molecule has 2 aromatic rings. The Morgan fingerprint density at radius 3 is 2.77 bits per heavy atom. The van der Waals surface area contributed by atoms with Crippen LogP contribution in [-0.2, 0) is 15.8 Å². The van der Waals surface area contributed by atoms with E-state index in [4.69, 9.17) is 5.73 Å². The third-order valence-corrected chi connectivity index (χ3v) is 4.97. The molecular weight excluding hydrogens is 399 g/mol. The summed E-state index contributed by atoms with van der Waals surface area (Å²) in [5.74, 6) is -0.643.